The third-order valence-electron chi connectivity index (χ3n) is 7.73. The summed E-state index contributed by atoms with van der Waals surface area (Å²) in [6.07, 6.45) is -0.757. The fourth-order valence-electron chi connectivity index (χ4n) is 5.39. The van der Waals surface area contributed by atoms with E-state index in [-0.39, 0.29) is 43.3 Å². The maximum absolute atomic E-state index is 14.6. The molecule has 0 radical (unpaired) electrons. The molecular weight excluding hydrogens is 622 g/mol. The van der Waals surface area contributed by atoms with Crippen molar-refractivity contribution in [3.8, 4) is 5.75 Å². The minimum atomic E-state index is -1.77. The number of rotatable bonds is 14. The molecule has 12 nitrogen and oxygen atoms in total. The standard InChI is InChI=1S/C34H30F2N8O4/c35-26-13-10-25(29(36)18-26)20-39-33(46)34(19-23-6-2-4-9-30(23)42-44-38)31(28-8-3-1-7-24(28)21-40-43-37)48-32(41-34)22-11-14-27(15-12-22)47-17-5-16-45/h1-4,6-15,18,31,45H,5,16-17,19-21H2,(H,39,46)/t31-,34-/m1/s1. The number of halogens is 2. The lowest BCUT2D eigenvalue weighted by atomic mass is 9.80. The van der Waals surface area contributed by atoms with E-state index in [1.54, 1.807) is 72.8 Å². The van der Waals surface area contributed by atoms with Crippen LogP contribution in [0.2, 0.25) is 0 Å². The van der Waals surface area contributed by atoms with Gasteiger partial charge >= 0.3 is 0 Å². The Morgan fingerprint density at radius 1 is 0.979 bits per heavy atom. The van der Waals surface area contributed by atoms with E-state index in [2.05, 4.69) is 25.4 Å². The highest BCUT2D eigenvalue weighted by Gasteiger charge is 2.54. The number of nitrogens with zero attached hydrogens (tertiary/aromatic N) is 7. The monoisotopic (exact) mass is 652 g/mol. The number of aliphatic hydroxyl groups excluding tert-OH is 1. The lowest BCUT2D eigenvalue weighted by Gasteiger charge is -2.32. The number of carbonyl (C=O) groups is 1. The number of benzene rings is 4. The number of aliphatic hydroxyl groups is 1. The van der Waals surface area contributed by atoms with Gasteiger partial charge in [-0.25, -0.2) is 13.8 Å². The minimum absolute atomic E-state index is 0.00791. The molecule has 48 heavy (non-hydrogen) atoms. The van der Waals surface area contributed by atoms with Gasteiger partial charge in [0.05, 0.1) is 13.2 Å². The van der Waals surface area contributed by atoms with Gasteiger partial charge in [0.2, 0.25) is 5.90 Å². The topological polar surface area (TPSA) is 178 Å². The van der Waals surface area contributed by atoms with E-state index < -0.39 is 29.2 Å². The van der Waals surface area contributed by atoms with E-state index in [1.165, 1.54) is 6.07 Å². The predicted octanol–water partition coefficient (Wildman–Crippen LogP) is 7.29. The van der Waals surface area contributed by atoms with Gasteiger partial charge in [-0.1, -0.05) is 64.8 Å². The van der Waals surface area contributed by atoms with Crippen LogP contribution in [0.1, 0.15) is 40.3 Å². The maximum Gasteiger partial charge on any atom is 0.252 e. The number of ether oxygens (including phenoxy) is 2. The van der Waals surface area contributed by atoms with E-state index in [1.807, 2.05) is 0 Å². The summed E-state index contributed by atoms with van der Waals surface area (Å²) in [5.74, 6) is -1.57. The number of aliphatic imine (C=N–C) groups is 1. The predicted molar refractivity (Wildman–Crippen MR) is 173 cm³/mol. The van der Waals surface area contributed by atoms with Crippen LogP contribution in [0.4, 0.5) is 14.5 Å². The number of azide groups is 2. The molecule has 0 spiro atoms. The van der Waals surface area contributed by atoms with Crippen molar-refractivity contribution in [2.75, 3.05) is 13.2 Å². The third-order valence-corrected chi connectivity index (χ3v) is 7.73. The first-order valence-electron chi connectivity index (χ1n) is 14.9. The summed E-state index contributed by atoms with van der Waals surface area (Å²) in [6, 6.07) is 23.6. The van der Waals surface area contributed by atoms with Crippen molar-refractivity contribution in [3.05, 3.63) is 151 Å². The zero-order valence-electron chi connectivity index (χ0n) is 25.5. The smallest absolute Gasteiger partial charge is 0.252 e. The van der Waals surface area contributed by atoms with Gasteiger partial charge in [-0.15, -0.1) is 0 Å². The van der Waals surface area contributed by atoms with Crippen LogP contribution in [0.3, 0.4) is 0 Å². The van der Waals surface area contributed by atoms with Gasteiger partial charge in [0.15, 0.2) is 11.6 Å². The van der Waals surface area contributed by atoms with Gasteiger partial charge in [0.25, 0.3) is 5.91 Å². The van der Waals surface area contributed by atoms with Crippen molar-refractivity contribution in [2.24, 2.45) is 15.2 Å². The summed E-state index contributed by atoms with van der Waals surface area (Å²) in [5.41, 5.74) is 19.0. The Kier molecular flexibility index (Phi) is 10.8. The van der Waals surface area contributed by atoms with Crippen molar-refractivity contribution in [1.82, 2.24) is 5.32 Å². The summed E-state index contributed by atoms with van der Waals surface area (Å²) in [6.45, 7) is -0.0239. The molecule has 0 aromatic heterocycles. The quantitative estimate of drug-likeness (QED) is 0.0629. The van der Waals surface area contributed by atoms with E-state index in [0.717, 1.165) is 12.1 Å². The van der Waals surface area contributed by atoms with Crippen LogP contribution < -0.4 is 10.1 Å². The fourth-order valence-corrected chi connectivity index (χ4v) is 5.39. The average Bonchev–Trinajstić information content (AvgIpc) is 3.48. The summed E-state index contributed by atoms with van der Waals surface area (Å²) < 4.78 is 40.5. The Bertz CT molecular complexity index is 1910. The van der Waals surface area contributed by atoms with Crippen LogP contribution in [0.25, 0.3) is 20.9 Å². The minimum Gasteiger partial charge on any atom is -0.494 e. The van der Waals surface area contributed by atoms with Crippen LogP contribution >= 0.6 is 0 Å². The lowest BCUT2D eigenvalue weighted by Crippen LogP contribution is -2.50. The molecule has 0 unspecified atom stereocenters. The zero-order valence-corrected chi connectivity index (χ0v) is 25.5. The first-order valence-corrected chi connectivity index (χ1v) is 14.9. The molecule has 0 fully saturated rings. The largest absolute Gasteiger partial charge is 0.494 e. The van der Waals surface area contributed by atoms with Gasteiger partial charge in [-0.3, -0.25) is 4.79 Å². The fraction of sp³-hybridized carbons (Fsp3) is 0.235. The van der Waals surface area contributed by atoms with Crippen LogP contribution in [0, 0.1) is 11.6 Å². The molecule has 0 saturated heterocycles. The van der Waals surface area contributed by atoms with Crippen molar-refractivity contribution in [3.63, 3.8) is 0 Å². The number of hydrogen-bond donors (Lipinski definition) is 2. The number of nitrogens with one attached hydrogen (secondary N) is 1. The van der Waals surface area contributed by atoms with E-state index in [9.17, 15) is 19.1 Å². The Morgan fingerprint density at radius 3 is 2.46 bits per heavy atom. The molecule has 2 atom stereocenters. The molecular formula is C34H30F2N8O4. The molecule has 4 aromatic carbocycles. The molecule has 1 heterocycles. The molecule has 0 bridgehead atoms. The Hall–Kier alpha value is -5.94. The Morgan fingerprint density at radius 2 is 1.73 bits per heavy atom. The molecule has 4 aromatic rings. The molecule has 14 heteroatoms. The zero-order chi connectivity index (χ0) is 33.9. The molecule has 1 aliphatic heterocycles. The van der Waals surface area contributed by atoms with Gasteiger partial charge < -0.3 is 19.9 Å². The maximum atomic E-state index is 14.6. The highest BCUT2D eigenvalue weighted by molar-refractivity contribution is 6.01. The molecule has 1 amide bonds. The highest BCUT2D eigenvalue weighted by atomic mass is 19.1. The molecule has 0 saturated carbocycles. The second kappa shape index (κ2) is 15.6. The van der Waals surface area contributed by atoms with Gasteiger partial charge in [-0.05, 0) is 58.1 Å². The summed E-state index contributed by atoms with van der Waals surface area (Å²) >= 11 is 0. The van der Waals surface area contributed by atoms with Crippen molar-refractivity contribution < 1.29 is 28.2 Å². The van der Waals surface area contributed by atoms with Crippen LogP contribution in [0.15, 0.2) is 106 Å². The first kappa shape index (κ1) is 33.4. The highest BCUT2D eigenvalue weighted by Crippen LogP contribution is 2.45. The van der Waals surface area contributed by atoms with E-state index in [0.29, 0.717) is 41.0 Å². The number of hydrogen-bond acceptors (Lipinski definition) is 7. The summed E-state index contributed by atoms with van der Waals surface area (Å²) in [7, 11) is 0. The van der Waals surface area contributed by atoms with E-state index >= 15 is 0 Å². The van der Waals surface area contributed by atoms with Crippen molar-refractivity contribution >= 4 is 17.5 Å². The lowest BCUT2D eigenvalue weighted by molar-refractivity contribution is -0.129. The second-order valence-electron chi connectivity index (χ2n) is 10.8. The van der Waals surface area contributed by atoms with Gasteiger partial charge in [0, 0.05) is 58.7 Å². The first-order chi connectivity index (χ1) is 23.4. The molecule has 1 aliphatic rings. The van der Waals surface area contributed by atoms with Crippen LogP contribution in [0.5, 0.6) is 5.75 Å². The van der Waals surface area contributed by atoms with Crippen molar-refractivity contribution in [2.45, 2.75) is 37.6 Å². The molecule has 0 aliphatic carbocycles. The summed E-state index contributed by atoms with van der Waals surface area (Å²) in [5, 5.41) is 19.4. The normalized spacial score (nSPS) is 16.6. The number of amides is 1. The van der Waals surface area contributed by atoms with Gasteiger partial charge in [0.1, 0.15) is 17.4 Å². The van der Waals surface area contributed by atoms with Crippen molar-refractivity contribution in [1.29, 1.82) is 0 Å². The third kappa shape index (κ3) is 7.54. The Balaban J connectivity index is 1.65. The van der Waals surface area contributed by atoms with Crippen LogP contribution in [-0.2, 0) is 29.0 Å². The SMILES string of the molecule is [N-]=[N+]=NCc1ccccc1[C@H]1OC(c2ccc(OCCCO)cc2)=N[C@@]1(Cc1ccccc1N=[N+]=[N-])C(=O)NCc1ccc(F)cc1F. The van der Waals surface area contributed by atoms with Gasteiger partial charge in [-0.2, -0.15) is 0 Å². The van der Waals surface area contributed by atoms with E-state index in [4.69, 9.17) is 25.1 Å². The average molecular weight is 653 g/mol. The summed E-state index contributed by atoms with van der Waals surface area (Å²) in [4.78, 5) is 25.3. The Labute approximate surface area is 273 Å². The molecule has 5 rings (SSSR count). The molecule has 244 valence electrons. The second-order valence-corrected chi connectivity index (χ2v) is 10.8. The number of carbonyl (C=O) groups excluding carboxylic acids is 1. The van der Waals surface area contributed by atoms with Crippen LogP contribution in [-0.4, -0.2) is 35.7 Å². The molecule has 2 N–H and O–H groups in total.